The lowest BCUT2D eigenvalue weighted by Gasteiger charge is -2.14. The van der Waals surface area contributed by atoms with Gasteiger partial charge in [-0.1, -0.05) is 31.5 Å². The largest absolute Gasteiger partial charge is 0.479 e. The number of carboxylic acid groups (broad SMARTS) is 1. The lowest BCUT2D eigenvalue weighted by Crippen LogP contribution is -2.30. The Kier molecular flexibility index (Phi) is 4.74. The Morgan fingerprint density at radius 1 is 1.30 bits per heavy atom. The van der Waals surface area contributed by atoms with Gasteiger partial charge < -0.3 is 15.2 Å². The van der Waals surface area contributed by atoms with E-state index in [2.05, 4.69) is 12.2 Å². The van der Waals surface area contributed by atoms with Gasteiger partial charge in [-0.3, -0.25) is 4.79 Å². The molecular formula is C15H19NO4. The first-order chi connectivity index (χ1) is 9.61. The molecule has 1 aromatic rings. The van der Waals surface area contributed by atoms with Gasteiger partial charge in [-0.15, -0.1) is 0 Å². The molecule has 5 nitrogen and oxygen atoms in total. The van der Waals surface area contributed by atoms with Crippen LogP contribution in [0.4, 0.5) is 5.69 Å². The summed E-state index contributed by atoms with van der Waals surface area (Å²) in [5, 5.41) is 11.7. The molecule has 1 aromatic carbocycles. The van der Waals surface area contributed by atoms with E-state index in [1.807, 2.05) is 24.3 Å². The monoisotopic (exact) mass is 277 g/mol. The number of nitrogens with one attached hydrogen (secondary N) is 1. The molecule has 2 rings (SSSR count). The molecule has 0 radical (unpaired) electrons. The number of amides is 1. The van der Waals surface area contributed by atoms with Crippen molar-refractivity contribution in [2.24, 2.45) is 0 Å². The standard InChI is InChI=1S/C15H19NO4/c1-2-5-10-6-3-4-7-11(10)16-14(17)12-8-9-13(20-12)15(18)19/h3-4,6-7,12-13H,2,5,8-9H2,1H3,(H,16,17)(H,18,19). The maximum atomic E-state index is 12.1. The van der Waals surface area contributed by atoms with Crippen molar-refractivity contribution in [3.05, 3.63) is 29.8 Å². The van der Waals surface area contributed by atoms with Crippen LogP contribution in [0.2, 0.25) is 0 Å². The summed E-state index contributed by atoms with van der Waals surface area (Å²) in [6, 6.07) is 7.64. The number of para-hydroxylation sites is 1. The highest BCUT2D eigenvalue weighted by Gasteiger charge is 2.34. The molecule has 0 bridgehead atoms. The van der Waals surface area contributed by atoms with Gasteiger partial charge in [0.1, 0.15) is 6.10 Å². The Bertz CT molecular complexity index is 500. The SMILES string of the molecule is CCCc1ccccc1NC(=O)C1CCC(C(=O)O)O1. The Morgan fingerprint density at radius 3 is 2.65 bits per heavy atom. The van der Waals surface area contributed by atoms with Gasteiger partial charge in [-0.05, 0) is 30.9 Å². The van der Waals surface area contributed by atoms with Crippen LogP contribution in [0, 0.1) is 0 Å². The van der Waals surface area contributed by atoms with Gasteiger partial charge in [-0.25, -0.2) is 4.79 Å². The van der Waals surface area contributed by atoms with E-state index in [1.54, 1.807) is 0 Å². The number of hydrogen-bond acceptors (Lipinski definition) is 3. The molecular weight excluding hydrogens is 258 g/mol. The number of anilines is 1. The maximum Gasteiger partial charge on any atom is 0.332 e. The van der Waals surface area contributed by atoms with Crippen LogP contribution >= 0.6 is 0 Å². The first kappa shape index (κ1) is 14.5. The smallest absolute Gasteiger partial charge is 0.332 e. The highest BCUT2D eigenvalue weighted by Crippen LogP contribution is 2.23. The van der Waals surface area contributed by atoms with Gasteiger partial charge in [0.2, 0.25) is 0 Å². The number of aliphatic carboxylic acids is 1. The summed E-state index contributed by atoms with van der Waals surface area (Å²) in [6.45, 7) is 2.08. The van der Waals surface area contributed by atoms with Crippen LogP contribution in [0.3, 0.4) is 0 Å². The first-order valence-electron chi connectivity index (χ1n) is 6.89. The van der Waals surface area contributed by atoms with Crippen molar-refractivity contribution in [2.75, 3.05) is 5.32 Å². The molecule has 1 heterocycles. The number of hydrogen-bond donors (Lipinski definition) is 2. The van der Waals surface area contributed by atoms with Crippen LogP contribution in [-0.4, -0.2) is 29.2 Å². The molecule has 2 unspecified atom stereocenters. The minimum absolute atomic E-state index is 0.266. The predicted octanol–water partition coefficient (Wildman–Crippen LogP) is 2.21. The average molecular weight is 277 g/mol. The van der Waals surface area contributed by atoms with E-state index in [0.717, 1.165) is 24.1 Å². The topological polar surface area (TPSA) is 75.6 Å². The zero-order valence-corrected chi connectivity index (χ0v) is 11.5. The number of carboxylic acids is 1. The molecule has 1 amide bonds. The van der Waals surface area contributed by atoms with Crippen LogP contribution in [0.25, 0.3) is 0 Å². The van der Waals surface area contributed by atoms with Crippen LogP contribution in [-0.2, 0) is 20.7 Å². The van der Waals surface area contributed by atoms with Gasteiger partial charge >= 0.3 is 5.97 Å². The molecule has 108 valence electrons. The van der Waals surface area contributed by atoms with Crippen molar-refractivity contribution in [2.45, 2.75) is 44.8 Å². The molecule has 5 heteroatoms. The fraction of sp³-hybridized carbons (Fsp3) is 0.467. The lowest BCUT2D eigenvalue weighted by atomic mass is 10.1. The molecule has 2 N–H and O–H groups in total. The molecule has 1 aliphatic heterocycles. The van der Waals surface area contributed by atoms with Crippen LogP contribution in [0.5, 0.6) is 0 Å². The first-order valence-corrected chi connectivity index (χ1v) is 6.89. The summed E-state index contributed by atoms with van der Waals surface area (Å²) in [4.78, 5) is 22.9. The molecule has 0 spiro atoms. The minimum atomic E-state index is -1.01. The molecule has 1 saturated heterocycles. The third-order valence-electron chi connectivity index (χ3n) is 3.38. The Morgan fingerprint density at radius 2 is 2.00 bits per heavy atom. The zero-order valence-electron chi connectivity index (χ0n) is 11.5. The Hall–Kier alpha value is -1.88. The number of ether oxygens (including phenoxy) is 1. The van der Waals surface area contributed by atoms with Crippen LogP contribution < -0.4 is 5.32 Å². The third-order valence-corrected chi connectivity index (χ3v) is 3.38. The van der Waals surface area contributed by atoms with E-state index in [0.29, 0.717) is 12.8 Å². The summed E-state index contributed by atoms with van der Waals surface area (Å²) in [7, 11) is 0. The summed E-state index contributed by atoms with van der Waals surface area (Å²) in [5.41, 5.74) is 1.86. The molecule has 0 saturated carbocycles. The van der Waals surface area contributed by atoms with Gasteiger partial charge in [-0.2, -0.15) is 0 Å². The van der Waals surface area contributed by atoms with Gasteiger partial charge in [0, 0.05) is 5.69 Å². The van der Waals surface area contributed by atoms with Gasteiger partial charge in [0.25, 0.3) is 5.91 Å². The summed E-state index contributed by atoms with van der Waals surface area (Å²) >= 11 is 0. The minimum Gasteiger partial charge on any atom is -0.479 e. The van der Waals surface area contributed by atoms with Gasteiger partial charge in [0.05, 0.1) is 0 Å². The fourth-order valence-corrected chi connectivity index (χ4v) is 2.35. The normalized spacial score (nSPS) is 21.6. The molecule has 2 atom stereocenters. The molecule has 1 fully saturated rings. The van der Waals surface area contributed by atoms with Crippen molar-refractivity contribution in [3.63, 3.8) is 0 Å². The molecule has 0 aromatic heterocycles. The summed E-state index contributed by atoms with van der Waals surface area (Å²) in [5.74, 6) is -1.27. The van der Waals surface area contributed by atoms with Gasteiger partial charge in [0.15, 0.2) is 6.10 Å². The number of rotatable bonds is 5. The molecule has 1 aliphatic rings. The number of benzene rings is 1. The van der Waals surface area contributed by atoms with Crippen molar-refractivity contribution < 1.29 is 19.4 Å². The van der Waals surface area contributed by atoms with E-state index in [1.165, 1.54) is 0 Å². The highest BCUT2D eigenvalue weighted by atomic mass is 16.5. The second-order valence-electron chi connectivity index (χ2n) is 4.93. The summed E-state index contributed by atoms with van der Waals surface area (Å²) in [6.07, 6.45) is 1.17. The lowest BCUT2D eigenvalue weighted by molar-refractivity contribution is -0.150. The van der Waals surface area contributed by atoms with E-state index >= 15 is 0 Å². The fourth-order valence-electron chi connectivity index (χ4n) is 2.35. The van der Waals surface area contributed by atoms with E-state index in [9.17, 15) is 9.59 Å². The molecule has 0 aliphatic carbocycles. The molecule has 20 heavy (non-hydrogen) atoms. The number of carbonyl (C=O) groups excluding carboxylic acids is 1. The Balaban J connectivity index is 2.00. The van der Waals surface area contributed by atoms with E-state index in [4.69, 9.17) is 9.84 Å². The van der Waals surface area contributed by atoms with E-state index < -0.39 is 18.2 Å². The van der Waals surface area contributed by atoms with Crippen molar-refractivity contribution in [3.8, 4) is 0 Å². The van der Waals surface area contributed by atoms with Crippen molar-refractivity contribution in [1.29, 1.82) is 0 Å². The quantitative estimate of drug-likeness (QED) is 0.865. The van der Waals surface area contributed by atoms with E-state index in [-0.39, 0.29) is 5.91 Å². The van der Waals surface area contributed by atoms with Crippen molar-refractivity contribution >= 4 is 17.6 Å². The average Bonchev–Trinajstić information content (AvgIpc) is 2.91. The Labute approximate surface area is 117 Å². The predicted molar refractivity (Wildman–Crippen MR) is 74.6 cm³/mol. The maximum absolute atomic E-state index is 12.1. The second-order valence-corrected chi connectivity index (χ2v) is 4.93. The van der Waals surface area contributed by atoms with Crippen molar-refractivity contribution in [1.82, 2.24) is 0 Å². The third kappa shape index (κ3) is 3.36. The number of carbonyl (C=O) groups is 2. The highest BCUT2D eigenvalue weighted by molar-refractivity contribution is 5.95. The van der Waals surface area contributed by atoms with Crippen LogP contribution in [0.15, 0.2) is 24.3 Å². The second kappa shape index (κ2) is 6.52. The summed E-state index contributed by atoms with van der Waals surface area (Å²) < 4.78 is 5.25. The zero-order chi connectivity index (χ0) is 14.5. The number of aryl methyl sites for hydroxylation is 1. The van der Waals surface area contributed by atoms with Crippen LogP contribution in [0.1, 0.15) is 31.7 Å².